The molecule has 1 amide bonds. The Balaban J connectivity index is 1.37. The van der Waals surface area contributed by atoms with Crippen molar-refractivity contribution in [2.75, 3.05) is 31.1 Å². The monoisotopic (exact) mass is 515 g/mol. The molecule has 2 aliphatic rings. The van der Waals surface area contributed by atoms with Crippen molar-refractivity contribution in [3.63, 3.8) is 0 Å². The molecule has 0 radical (unpaired) electrons. The lowest BCUT2D eigenvalue weighted by molar-refractivity contribution is -0.120. The Bertz CT molecular complexity index is 1430. The van der Waals surface area contributed by atoms with Gasteiger partial charge in [-0.25, -0.2) is 4.39 Å². The molecule has 0 spiro atoms. The topological polar surface area (TPSA) is 70.5 Å². The van der Waals surface area contributed by atoms with Crippen molar-refractivity contribution >= 4 is 11.6 Å². The third-order valence-electron chi connectivity index (χ3n) is 7.41. The standard InChI is InChI=1S/C30H34FN5O2/c1-20-5-10-27(37)35(15-20)17-25-14-32-21(2)16-34(25)18-28(38)36-19-30(3,4)29-26(36)12-23(13-33-29)11-22-6-8-24(31)9-7-22/h5-10,12-13,15,25,32H,2,11,14,16-19H2,1,3-4H3/t25-/m1/s1. The van der Waals surface area contributed by atoms with Gasteiger partial charge in [0, 0.05) is 61.8 Å². The molecule has 4 heterocycles. The highest BCUT2D eigenvalue weighted by molar-refractivity contribution is 5.97. The number of carbonyl (C=O) groups excluding carboxylic acids is 1. The molecule has 0 saturated carbocycles. The second-order valence-electron chi connectivity index (χ2n) is 11.1. The van der Waals surface area contributed by atoms with Crippen LogP contribution < -0.4 is 15.8 Å². The van der Waals surface area contributed by atoms with Crippen LogP contribution in [0, 0.1) is 12.7 Å². The molecule has 3 aromatic rings. The molecule has 1 fully saturated rings. The first-order valence-electron chi connectivity index (χ1n) is 13.0. The zero-order valence-electron chi connectivity index (χ0n) is 22.2. The van der Waals surface area contributed by atoms with Crippen LogP contribution in [0.3, 0.4) is 0 Å². The Morgan fingerprint density at radius 2 is 1.95 bits per heavy atom. The number of hydrogen-bond acceptors (Lipinski definition) is 5. The molecule has 2 aromatic heterocycles. The number of aromatic nitrogens is 2. The Morgan fingerprint density at radius 1 is 1.18 bits per heavy atom. The summed E-state index contributed by atoms with van der Waals surface area (Å²) in [5.74, 6) is -0.269. The molecule has 1 saturated heterocycles. The number of amides is 1. The molecule has 7 nitrogen and oxygen atoms in total. The molecule has 1 aromatic carbocycles. The zero-order chi connectivity index (χ0) is 27.0. The fourth-order valence-electron chi connectivity index (χ4n) is 5.40. The van der Waals surface area contributed by atoms with E-state index in [-0.39, 0.29) is 35.3 Å². The van der Waals surface area contributed by atoms with Crippen molar-refractivity contribution in [1.82, 2.24) is 19.8 Å². The summed E-state index contributed by atoms with van der Waals surface area (Å²) in [6.45, 7) is 12.6. The summed E-state index contributed by atoms with van der Waals surface area (Å²) in [7, 11) is 0. The zero-order valence-corrected chi connectivity index (χ0v) is 22.2. The van der Waals surface area contributed by atoms with Crippen molar-refractivity contribution in [1.29, 1.82) is 0 Å². The highest BCUT2D eigenvalue weighted by atomic mass is 19.1. The van der Waals surface area contributed by atoms with Gasteiger partial charge in [0.15, 0.2) is 0 Å². The van der Waals surface area contributed by atoms with Gasteiger partial charge in [0.2, 0.25) is 5.91 Å². The molecule has 8 heteroatoms. The van der Waals surface area contributed by atoms with Gasteiger partial charge in [-0.1, -0.05) is 38.6 Å². The molecular weight excluding hydrogens is 481 g/mol. The summed E-state index contributed by atoms with van der Waals surface area (Å²) in [4.78, 5) is 34.9. The fourth-order valence-corrected chi connectivity index (χ4v) is 5.40. The van der Waals surface area contributed by atoms with E-state index < -0.39 is 0 Å². The summed E-state index contributed by atoms with van der Waals surface area (Å²) in [5, 5.41) is 3.31. The number of nitrogens with zero attached hydrogens (tertiary/aromatic N) is 4. The number of aryl methyl sites for hydroxylation is 1. The van der Waals surface area contributed by atoms with Gasteiger partial charge >= 0.3 is 0 Å². The van der Waals surface area contributed by atoms with Gasteiger partial charge in [0.05, 0.1) is 17.9 Å². The van der Waals surface area contributed by atoms with Crippen molar-refractivity contribution < 1.29 is 9.18 Å². The lowest BCUT2D eigenvalue weighted by Crippen LogP contribution is -2.55. The highest BCUT2D eigenvalue weighted by Crippen LogP contribution is 2.39. The summed E-state index contributed by atoms with van der Waals surface area (Å²) in [6, 6.07) is 11.8. The minimum absolute atomic E-state index is 0.00570. The average molecular weight is 516 g/mol. The first-order chi connectivity index (χ1) is 18.1. The number of carbonyl (C=O) groups is 1. The normalized spacial score (nSPS) is 18.8. The largest absolute Gasteiger partial charge is 0.386 e. The number of hydrogen-bond donors (Lipinski definition) is 1. The first-order valence-corrected chi connectivity index (χ1v) is 13.0. The molecule has 5 rings (SSSR count). The number of benzene rings is 1. The van der Waals surface area contributed by atoms with Crippen LogP contribution in [0.25, 0.3) is 0 Å². The average Bonchev–Trinajstić information content (AvgIpc) is 3.14. The van der Waals surface area contributed by atoms with E-state index in [0.717, 1.165) is 33.8 Å². The number of fused-ring (bicyclic) bond motifs is 1. The molecule has 0 aliphatic carbocycles. The SMILES string of the molecule is C=C1CN(CC(=O)N2CC(C)(C)c3ncc(Cc4ccc(F)cc4)cc32)[C@@H](Cn2cc(C)ccc2=O)CN1. The molecular formula is C30H34FN5O2. The number of pyridine rings is 2. The smallest absolute Gasteiger partial charge is 0.250 e. The fraction of sp³-hybridized carbons (Fsp3) is 0.367. The Kier molecular flexibility index (Phi) is 6.92. The minimum Gasteiger partial charge on any atom is -0.386 e. The molecule has 1 N–H and O–H groups in total. The van der Waals surface area contributed by atoms with Crippen LogP contribution in [0.15, 0.2) is 71.9 Å². The quantitative estimate of drug-likeness (QED) is 0.545. The van der Waals surface area contributed by atoms with Gasteiger partial charge < -0.3 is 14.8 Å². The molecule has 1 atom stereocenters. The van der Waals surface area contributed by atoms with Gasteiger partial charge in [0.1, 0.15) is 5.82 Å². The van der Waals surface area contributed by atoms with Crippen LogP contribution in [0.2, 0.25) is 0 Å². The number of halogens is 1. The van der Waals surface area contributed by atoms with Crippen LogP contribution in [-0.2, 0) is 23.2 Å². The molecule has 2 aliphatic heterocycles. The van der Waals surface area contributed by atoms with Crippen LogP contribution in [0.4, 0.5) is 10.1 Å². The highest BCUT2D eigenvalue weighted by Gasteiger charge is 2.40. The van der Waals surface area contributed by atoms with Gasteiger partial charge in [-0.2, -0.15) is 0 Å². The third-order valence-corrected chi connectivity index (χ3v) is 7.41. The van der Waals surface area contributed by atoms with E-state index >= 15 is 0 Å². The summed E-state index contributed by atoms with van der Waals surface area (Å²) in [6.07, 6.45) is 4.32. The van der Waals surface area contributed by atoms with Crippen molar-refractivity contribution in [2.45, 2.75) is 45.2 Å². The Labute approximate surface area is 222 Å². The second-order valence-corrected chi connectivity index (χ2v) is 11.1. The van der Waals surface area contributed by atoms with E-state index in [2.05, 4.69) is 30.6 Å². The van der Waals surface area contributed by atoms with Crippen LogP contribution in [0.1, 0.15) is 36.2 Å². The summed E-state index contributed by atoms with van der Waals surface area (Å²) in [5.41, 5.74) is 5.23. The van der Waals surface area contributed by atoms with Gasteiger partial charge in [-0.15, -0.1) is 0 Å². The van der Waals surface area contributed by atoms with Gasteiger partial charge in [-0.05, 0) is 48.2 Å². The predicted octanol–water partition coefficient (Wildman–Crippen LogP) is 3.39. The second kappa shape index (κ2) is 10.2. The lowest BCUT2D eigenvalue weighted by atomic mass is 9.91. The van der Waals surface area contributed by atoms with Gasteiger partial charge in [-0.3, -0.25) is 19.5 Å². The van der Waals surface area contributed by atoms with Crippen LogP contribution in [0.5, 0.6) is 0 Å². The maximum absolute atomic E-state index is 13.8. The Hall–Kier alpha value is -3.78. The van der Waals surface area contributed by atoms with Crippen molar-refractivity contribution in [3.05, 3.63) is 106 Å². The molecule has 0 unspecified atom stereocenters. The van der Waals surface area contributed by atoms with Crippen LogP contribution in [-0.4, -0.2) is 52.6 Å². The summed E-state index contributed by atoms with van der Waals surface area (Å²) < 4.78 is 15.1. The predicted molar refractivity (Wildman–Crippen MR) is 147 cm³/mol. The molecule has 0 bridgehead atoms. The van der Waals surface area contributed by atoms with E-state index in [1.54, 1.807) is 22.8 Å². The third kappa shape index (κ3) is 5.41. The van der Waals surface area contributed by atoms with E-state index in [0.29, 0.717) is 32.6 Å². The number of anilines is 1. The van der Waals surface area contributed by atoms with E-state index in [1.807, 2.05) is 36.4 Å². The number of rotatable bonds is 6. The van der Waals surface area contributed by atoms with E-state index in [1.165, 1.54) is 12.1 Å². The summed E-state index contributed by atoms with van der Waals surface area (Å²) >= 11 is 0. The Morgan fingerprint density at radius 3 is 2.71 bits per heavy atom. The van der Waals surface area contributed by atoms with Gasteiger partial charge in [0.25, 0.3) is 5.56 Å². The minimum atomic E-state index is -0.277. The van der Waals surface area contributed by atoms with Crippen molar-refractivity contribution in [2.24, 2.45) is 0 Å². The number of nitrogens with one attached hydrogen (secondary N) is 1. The maximum atomic E-state index is 13.8. The lowest BCUT2D eigenvalue weighted by Gasteiger charge is -2.38. The van der Waals surface area contributed by atoms with Crippen LogP contribution >= 0.6 is 0 Å². The number of piperazine rings is 1. The maximum Gasteiger partial charge on any atom is 0.250 e. The molecule has 198 valence electrons. The van der Waals surface area contributed by atoms with Crippen molar-refractivity contribution in [3.8, 4) is 0 Å². The molecule has 38 heavy (non-hydrogen) atoms. The van der Waals surface area contributed by atoms with E-state index in [9.17, 15) is 14.0 Å². The van der Waals surface area contributed by atoms with E-state index in [4.69, 9.17) is 4.98 Å². The first kappa shape index (κ1) is 25.9.